The van der Waals surface area contributed by atoms with Crippen LogP contribution in [0.5, 0.6) is 5.75 Å². The second-order valence-electron chi connectivity index (χ2n) is 8.80. The van der Waals surface area contributed by atoms with Crippen molar-refractivity contribution in [3.8, 4) is 5.75 Å². The van der Waals surface area contributed by atoms with Gasteiger partial charge in [-0.1, -0.05) is 18.2 Å². The molecule has 1 aromatic carbocycles. The van der Waals surface area contributed by atoms with Crippen LogP contribution in [0.25, 0.3) is 10.9 Å². The molecule has 33 heavy (non-hydrogen) atoms. The van der Waals surface area contributed by atoms with Gasteiger partial charge in [-0.15, -0.1) is 0 Å². The van der Waals surface area contributed by atoms with Gasteiger partial charge < -0.3 is 15.2 Å². The van der Waals surface area contributed by atoms with Crippen molar-refractivity contribution in [1.82, 2.24) is 10.3 Å². The van der Waals surface area contributed by atoms with Crippen molar-refractivity contribution in [3.05, 3.63) is 65.8 Å². The molecule has 1 fully saturated rings. The summed E-state index contributed by atoms with van der Waals surface area (Å²) in [5.41, 5.74) is 3.31. The molecule has 2 aliphatic heterocycles. The summed E-state index contributed by atoms with van der Waals surface area (Å²) in [5, 5.41) is 18.0. The van der Waals surface area contributed by atoms with Gasteiger partial charge in [0, 0.05) is 35.3 Å². The summed E-state index contributed by atoms with van der Waals surface area (Å²) in [4.78, 5) is 9.25. The number of aromatic nitrogens is 1. The van der Waals surface area contributed by atoms with E-state index >= 15 is 0 Å². The van der Waals surface area contributed by atoms with Gasteiger partial charge in [0.2, 0.25) is 0 Å². The van der Waals surface area contributed by atoms with Crippen molar-refractivity contribution >= 4 is 22.8 Å². The highest BCUT2D eigenvalue weighted by molar-refractivity contribution is 5.96. The van der Waals surface area contributed by atoms with Crippen LogP contribution in [0.3, 0.4) is 0 Å². The Balaban J connectivity index is 1.64. The molecule has 6 nitrogen and oxygen atoms in total. The van der Waals surface area contributed by atoms with Crippen LogP contribution in [-0.2, 0) is 0 Å². The topological polar surface area (TPSA) is 78.8 Å². The first kappa shape index (κ1) is 21.8. The molecule has 172 valence electrons. The fraction of sp³-hybridized carbons (Fsp3) is 0.385. The van der Waals surface area contributed by atoms with Crippen molar-refractivity contribution in [1.29, 1.82) is 0 Å². The maximum Gasteiger partial charge on any atom is 0.145 e. The number of fused-ring (bicyclic) bond motifs is 1. The van der Waals surface area contributed by atoms with Crippen molar-refractivity contribution in [2.75, 3.05) is 19.0 Å². The van der Waals surface area contributed by atoms with Crippen LogP contribution in [0.15, 0.2) is 59.5 Å². The predicted molar refractivity (Wildman–Crippen MR) is 130 cm³/mol. The number of allylic oxidation sites excluding steroid dienone is 5. The first-order valence-electron chi connectivity index (χ1n) is 11.5. The SMILES string of the molecule is COc1cc(C2CC=CC=C2F)cc2c(NC3CCCNC3O)cc(C3C=NC=CC3)nc12. The van der Waals surface area contributed by atoms with Gasteiger partial charge in [0.25, 0.3) is 0 Å². The molecule has 0 spiro atoms. The Hall–Kier alpha value is -3.03. The summed E-state index contributed by atoms with van der Waals surface area (Å²) in [6, 6.07) is 5.80. The van der Waals surface area contributed by atoms with Gasteiger partial charge in [-0.25, -0.2) is 9.37 Å². The van der Waals surface area contributed by atoms with Crippen LogP contribution in [0.4, 0.5) is 10.1 Å². The Kier molecular flexibility index (Phi) is 6.24. The van der Waals surface area contributed by atoms with Crippen LogP contribution in [0.1, 0.15) is 48.8 Å². The number of aliphatic imine (C=N–C) groups is 1. The highest BCUT2D eigenvalue weighted by Crippen LogP contribution is 2.40. The number of halogens is 1. The van der Waals surface area contributed by atoms with Gasteiger partial charge in [-0.05, 0) is 62.1 Å². The van der Waals surface area contributed by atoms with E-state index in [0.717, 1.165) is 53.7 Å². The van der Waals surface area contributed by atoms with Gasteiger partial charge in [0.15, 0.2) is 0 Å². The fourth-order valence-corrected chi connectivity index (χ4v) is 4.80. The Morgan fingerprint density at radius 1 is 1.21 bits per heavy atom. The maximum absolute atomic E-state index is 14.7. The number of ether oxygens (including phenoxy) is 1. The van der Waals surface area contributed by atoms with E-state index in [0.29, 0.717) is 12.2 Å². The minimum Gasteiger partial charge on any atom is -0.494 e. The van der Waals surface area contributed by atoms with Crippen LogP contribution >= 0.6 is 0 Å². The number of rotatable bonds is 5. The van der Waals surface area contributed by atoms with E-state index in [9.17, 15) is 9.50 Å². The van der Waals surface area contributed by atoms with E-state index in [1.165, 1.54) is 6.08 Å². The summed E-state index contributed by atoms with van der Waals surface area (Å²) in [6.45, 7) is 0.797. The molecule has 5 rings (SSSR count). The Morgan fingerprint density at radius 3 is 2.88 bits per heavy atom. The molecule has 1 aromatic heterocycles. The number of nitrogens with zero attached hydrogens (tertiary/aromatic N) is 2. The third-order valence-corrected chi connectivity index (χ3v) is 6.63. The molecular weight excluding hydrogens is 419 g/mol. The normalized spacial score (nSPS) is 26.9. The second-order valence-corrected chi connectivity index (χ2v) is 8.80. The molecule has 1 saturated heterocycles. The average molecular weight is 449 g/mol. The lowest BCUT2D eigenvalue weighted by atomic mass is 9.89. The smallest absolute Gasteiger partial charge is 0.145 e. The van der Waals surface area contributed by atoms with E-state index in [4.69, 9.17) is 9.72 Å². The van der Waals surface area contributed by atoms with Crippen LogP contribution in [0.2, 0.25) is 0 Å². The van der Waals surface area contributed by atoms with E-state index in [1.807, 2.05) is 36.6 Å². The molecule has 4 atom stereocenters. The summed E-state index contributed by atoms with van der Waals surface area (Å²) in [6.07, 6.45) is 13.6. The number of hydrogen-bond donors (Lipinski definition) is 3. The largest absolute Gasteiger partial charge is 0.494 e. The standard InChI is InChI=1S/C26H29FN4O2/c1-33-24-13-17(18-7-2-3-8-20(18)27)12-19-23(30-21-9-5-11-29-26(21)32)14-22(31-25(19)24)16-6-4-10-28-15-16/h2-4,8,10,12-16,18,21,26,29,32H,5-7,9,11H2,1H3,(H,30,31). The zero-order valence-corrected chi connectivity index (χ0v) is 18.7. The molecule has 0 saturated carbocycles. The minimum atomic E-state index is -0.640. The molecule has 0 bridgehead atoms. The third kappa shape index (κ3) is 4.43. The maximum atomic E-state index is 14.7. The zero-order valence-electron chi connectivity index (χ0n) is 18.7. The fourth-order valence-electron chi connectivity index (χ4n) is 4.80. The second kappa shape index (κ2) is 9.45. The van der Waals surface area contributed by atoms with Crippen LogP contribution < -0.4 is 15.4 Å². The van der Waals surface area contributed by atoms with Crippen molar-refractivity contribution in [3.63, 3.8) is 0 Å². The number of anilines is 1. The van der Waals surface area contributed by atoms with Crippen molar-refractivity contribution < 1.29 is 14.2 Å². The number of nitrogens with one attached hydrogen (secondary N) is 2. The number of aliphatic hydroxyl groups excluding tert-OH is 1. The van der Waals surface area contributed by atoms with E-state index < -0.39 is 6.23 Å². The highest BCUT2D eigenvalue weighted by Gasteiger charge is 2.26. The van der Waals surface area contributed by atoms with Crippen LogP contribution in [0, 0.1) is 0 Å². The highest BCUT2D eigenvalue weighted by atomic mass is 19.1. The summed E-state index contributed by atoms with van der Waals surface area (Å²) in [7, 11) is 1.62. The van der Waals surface area contributed by atoms with E-state index in [1.54, 1.807) is 19.4 Å². The molecule has 3 aliphatic rings. The molecule has 3 heterocycles. The molecule has 4 unspecified atom stereocenters. The average Bonchev–Trinajstić information content (AvgIpc) is 2.85. The van der Waals surface area contributed by atoms with Gasteiger partial charge >= 0.3 is 0 Å². The lowest BCUT2D eigenvalue weighted by molar-refractivity contribution is 0.0945. The quantitative estimate of drug-likeness (QED) is 0.618. The minimum absolute atomic E-state index is 0.0580. The lowest BCUT2D eigenvalue weighted by Gasteiger charge is -2.31. The van der Waals surface area contributed by atoms with Gasteiger partial charge in [0.05, 0.1) is 18.8 Å². The van der Waals surface area contributed by atoms with Gasteiger partial charge in [0.1, 0.15) is 23.3 Å². The molecule has 3 N–H and O–H groups in total. The Bertz CT molecular complexity index is 1160. The van der Waals surface area contributed by atoms with Gasteiger partial charge in [-0.2, -0.15) is 0 Å². The number of benzene rings is 1. The number of aliphatic hydroxyl groups is 1. The molecule has 0 amide bonds. The number of piperidine rings is 1. The van der Waals surface area contributed by atoms with Crippen molar-refractivity contribution in [2.45, 2.75) is 49.8 Å². The number of methoxy groups -OCH3 is 1. The number of hydrogen-bond acceptors (Lipinski definition) is 6. The number of pyridine rings is 1. The summed E-state index contributed by atoms with van der Waals surface area (Å²) < 4.78 is 20.4. The van der Waals surface area contributed by atoms with Crippen molar-refractivity contribution in [2.24, 2.45) is 4.99 Å². The van der Waals surface area contributed by atoms with E-state index in [2.05, 4.69) is 15.6 Å². The van der Waals surface area contributed by atoms with Crippen LogP contribution in [-0.4, -0.2) is 42.2 Å². The molecular formula is C26H29FN4O2. The molecule has 0 radical (unpaired) electrons. The summed E-state index contributed by atoms with van der Waals surface area (Å²) in [5.74, 6) is 0.163. The lowest BCUT2D eigenvalue weighted by Crippen LogP contribution is -2.48. The Labute approximate surface area is 193 Å². The first-order valence-corrected chi connectivity index (χ1v) is 11.5. The predicted octanol–water partition coefficient (Wildman–Crippen LogP) is 4.69. The Morgan fingerprint density at radius 2 is 2.12 bits per heavy atom. The van der Waals surface area contributed by atoms with E-state index in [-0.39, 0.29) is 23.7 Å². The third-order valence-electron chi connectivity index (χ3n) is 6.63. The zero-order chi connectivity index (χ0) is 22.8. The summed E-state index contributed by atoms with van der Waals surface area (Å²) >= 11 is 0. The molecule has 7 heteroatoms. The molecule has 1 aliphatic carbocycles. The van der Waals surface area contributed by atoms with Gasteiger partial charge in [-0.3, -0.25) is 10.3 Å². The monoisotopic (exact) mass is 448 g/mol. The molecule has 2 aromatic rings. The first-order chi connectivity index (χ1) is 16.1.